The van der Waals surface area contributed by atoms with Crippen molar-refractivity contribution >= 4 is 40.0 Å². The number of nitro groups is 1. The number of thiophene rings is 1. The van der Waals surface area contributed by atoms with Crippen molar-refractivity contribution in [1.82, 2.24) is 0 Å². The Morgan fingerprint density at radius 1 is 1.45 bits per heavy atom. The molecule has 1 unspecified atom stereocenters. The monoisotopic (exact) mass is 439 g/mol. The number of nitrogens with one attached hydrogen (secondary N) is 1. The number of rotatable bonds is 6. The number of anilines is 1. The van der Waals surface area contributed by atoms with Gasteiger partial charge in [-0.15, -0.1) is 11.3 Å². The Labute approximate surface area is 183 Å². The van der Waals surface area contributed by atoms with Crippen LogP contribution in [0.3, 0.4) is 0 Å². The number of nitrogens with zero attached hydrogens (tertiary/aromatic N) is 2. The number of hydrogen-bond acceptors (Lipinski definition) is 7. The molecule has 1 aliphatic rings. The summed E-state index contributed by atoms with van der Waals surface area (Å²) in [6, 6.07) is 7.47. The van der Waals surface area contributed by atoms with E-state index < -0.39 is 16.8 Å². The summed E-state index contributed by atoms with van der Waals surface area (Å²) in [5, 5.41) is 23.5. The molecule has 1 aromatic heterocycles. The fraction of sp³-hybridized carbons (Fsp3) is 0.318. The van der Waals surface area contributed by atoms with E-state index in [2.05, 4.69) is 12.2 Å². The van der Waals surface area contributed by atoms with Crippen molar-refractivity contribution in [3.8, 4) is 6.07 Å². The molecule has 0 spiro atoms. The Hall–Kier alpha value is -3.51. The second kappa shape index (κ2) is 9.53. The largest absolute Gasteiger partial charge is 0.462 e. The summed E-state index contributed by atoms with van der Waals surface area (Å²) >= 11 is 1.33. The van der Waals surface area contributed by atoms with Crippen LogP contribution in [0.5, 0.6) is 0 Å². The van der Waals surface area contributed by atoms with Gasteiger partial charge in [0.1, 0.15) is 16.6 Å². The van der Waals surface area contributed by atoms with E-state index in [0.717, 1.165) is 29.7 Å². The molecule has 0 saturated heterocycles. The molecular weight excluding hydrogens is 418 g/mol. The van der Waals surface area contributed by atoms with Gasteiger partial charge in [-0.1, -0.05) is 19.1 Å². The average Bonchev–Trinajstić information content (AvgIpc) is 3.09. The van der Waals surface area contributed by atoms with E-state index in [1.807, 2.05) is 6.07 Å². The predicted molar refractivity (Wildman–Crippen MR) is 117 cm³/mol. The number of non-ortho nitro benzene ring substituents is 1. The van der Waals surface area contributed by atoms with Crippen LogP contribution in [0.4, 0.5) is 10.7 Å². The summed E-state index contributed by atoms with van der Waals surface area (Å²) in [6.07, 6.45) is 3.77. The van der Waals surface area contributed by atoms with E-state index in [0.29, 0.717) is 22.0 Å². The molecule has 0 saturated carbocycles. The molecule has 2 aromatic rings. The molecule has 0 radical (unpaired) electrons. The lowest BCUT2D eigenvalue weighted by molar-refractivity contribution is -0.384. The molecule has 1 aliphatic carbocycles. The smallest absolute Gasteiger partial charge is 0.341 e. The maximum Gasteiger partial charge on any atom is 0.341 e. The number of hydrogen-bond donors (Lipinski definition) is 1. The summed E-state index contributed by atoms with van der Waals surface area (Å²) in [4.78, 5) is 36.8. The van der Waals surface area contributed by atoms with Crippen LogP contribution < -0.4 is 5.32 Å². The molecule has 0 aliphatic heterocycles. The molecule has 1 aromatic carbocycles. The Balaban J connectivity index is 1.93. The fourth-order valence-corrected chi connectivity index (χ4v) is 4.87. The molecule has 160 valence electrons. The maximum absolute atomic E-state index is 12.8. The number of fused-ring (bicyclic) bond motifs is 1. The Morgan fingerprint density at radius 3 is 2.90 bits per heavy atom. The van der Waals surface area contributed by atoms with Gasteiger partial charge >= 0.3 is 5.97 Å². The Bertz CT molecular complexity index is 1110. The normalized spacial score (nSPS) is 15.5. The maximum atomic E-state index is 12.8. The third kappa shape index (κ3) is 4.98. The molecule has 9 heteroatoms. The highest BCUT2D eigenvalue weighted by molar-refractivity contribution is 7.17. The van der Waals surface area contributed by atoms with Gasteiger partial charge in [-0.25, -0.2) is 4.79 Å². The second-order valence-electron chi connectivity index (χ2n) is 7.25. The zero-order valence-electron chi connectivity index (χ0n) is 17.1. The minimum atomic E-state index is -0.689. The predicted octanol–water partition coefficient (Wildman–Crippen LogP) is 4.50. The quantitative estimate of drug-likeness (QED) is 0.232. The average molecular weight is 439 g/mol. The number of benzene rings is 1. The summed E-state index contributed by atoms with van der Waals surface area (Å²) in [5.41, 5.74) is 1.24. The zero-order chi connectivity index (χ0) is 22.5. The number of esters is 1. The minimum Gasteiger partial charge on any atom is -0.462 e. The van der Waals surface area contributed by atoms with E-state index >= 15 is 0 Å². The van der Waals surface area contributed by atoms with Crippen LogP contribution >= 0.6 is 11.3 Å². The molecule has 1 N–H and O–H groups in total. The van der Waals surface area contributed by atoms with Crippen LogP contribution in [0.2, 0.25) is 0 Å². The van der Waals surface area contributed by atoms with Crippen molar-refractivity contribution in [2.24, 2.45) is 5.92 Å². The Morgan fingerprint density at radius 2 is 2.23 bits per heavy atom. The first kappa shape index (κ1) is 22.2. The highest BCUT2D eigenvalue weighted by Crippen LogP contribution is 2.40. The van der Waals surface area contributed by atoms with Crippen molar-refractivity contribution in [2.45, 2.75) is 33.1 Å². The first-order chi connectivity index (χ1) is 14.8. The lowest BCUT2D eigenvalue weighted by Crippen LogP contribution is -2.17. The van der Waals surface area contributed by atoms with Crippen LogP contribution in [-0.2, 0) is 22.4 Å². The number of carbonyl (C=O) groups is 2. The molecule has 0 fully saturated rings. The van der Waals surface area contributed by atoms with Gasteiger partial charge in [-0.05, 0) is 49.3 Å². The van der Waals surface area contributed by atoms with Crippen molar-refractivity contribution in [2.75, 3.05) is 11.9 Å². The third-order valence-corrected chi connectivity index (χ3v) is 6.15. The first-order valence-corrected chi connectivity index (χ1v) is 10.6. The lowest BCUT2D eigenvalue weighted by atomic mass is 9.88. The molecule has 1 heterocycles. The van der Waals surface area contributed by atoms with Crippen molar-refractivity contribution in [3.05, 3.63) is 61.5 Å². The van der Waals surface area contributed by atoms with Crippen LogP contribution in [0.15, 0.2) is 29.8 Å². The van der Waals surface area contributed by atoms with E-state index in [4.69, 9.17) is 4.74 Å². The molecule has 1 atom stereocenters. The fourth-order valence-electron chi connectivity index (χ4n) is 3.47. The number of ether oxygens (including phenoxy) is 1. The van der Waals surface area contributed by atoms with Crippen molar-refractivity contribution in [1.29, 1.82) is 5.26 Å². The van der Waals surface area contributed by atoms with Crippen molar-refractivity contribution in [3.63, 3.8) is 0 Å². The van der Waals surface area contributed by atoms with Gasteiger partial charge < -0.3 is 10.1 Å². The summed E-state index contributed by atoms with van der Waals surface area (Å²) in [5.74, 6) is -0.703. The number of nitriles is 1. The zero-order valence-corrected chi connectivity index (χ0v) is 18.0. The molecule has 3 rings (SSSR count). The highest BCUT2D eigenvalue weighted by atomic mass is 32.1. The van der Waals surface area contributed by atoms with Crippen LogP contribution in [0.1, 0.15) is 46.6 Å². The lowest BCUT2D eigenvalue weighted by Gasteiger charge is -2.18. The number of amides is 1. The van der Waals surface area contributed by atoms with Crippen LogP contribution in [0, 0.1) is 27.4 Å². The van der Waals surface area contributed by atoms with E-state index in [1.165, 1.54) is 35.6 Å². The standard InChI is InChI=1S/C22H21N3O5S/c1-3-30-22(27)19-17-8-7-13(2)9-18(17)31-21(19)24-20(26)15(12-23)10-14-5-4-6-16(11-14)25(28)29/h4-6,10-11,13H,3,7-9H2,1-2H3,(H,24,26)/b15-10+. The van der Waals surface area contributed by atoms with Gasteiger partial charge in [0, 0.05) is 17.0 Å². The third-order valence-electron chi connectivity index (χ3n) is 4.98. The van der Waals surface area contributed by atoms with E-state index in [9.17, 15) is 25.0 Å². The number of carbonyl (C=O) groups excluding carboxylic acids is 2. The van der Waals surface area contributed by atoms with Crippen LogP contribution in [0.25, 0.3) is 6.08 Å². The van der Waals surface area contributed by atoms with Gasteiger partial charge in [-0.2, -0.15) is 5.26 Å². The molecule has 1 amide bonds. The molecule has 0 bridgehead atoms. The number of nitro benzene ring substituents is 1. The second-order valence-corrected chi connectivity index (χ2v) is 8.36. The molecule has 8 nitrogen and oxygen atoms in total. The SMILES string of the molecule is CCOC(=O)c1c(NC(=O)/C(C#N)=C/c2cccc([N+](=O)[O-])c2)sc2c1CCC(C)C2. The summed E-state index contributed by atoms with van der Waals surface area (Å²) < 4.78 is 5.19. The van der Waals surface area contributed by atoms with Gasteiger partial charge in [0.15, 0.2) is 0 Å². The van der Waals surface area contributed by atoms with Gasteiger partial charge in [0.2, 0.25) is 0 Å². The van der Waals surface area contributed by atoms with Crippen molar-refractivity contribution < 1.29 is 19.2 Å². The molecular formula is C22H21N3O5S. The summed E-state index contributed by atoms with van der Waals surface area (Å²) in [6.45, 7) is 4.07. The first-order valence-electron chi connectivity index (χ1n) is 9.83. The molecule has 31 heavy (non-hydrogen) atoms. The van der Waals surface area contributed by atoms with E-state index in [-0.39, 0.29) is 17.9 Å². The minimum absolute atomic E-state index is 0.143. The Kier molecular flexibility index (Phi) is 6.82. The van der Waals surface area contributed by atoms with Gasteiger partial charge in [-0.3, -0.25) is 14.9 Å². The van der Waals surface area contributed by atoms with Gasteiger partial charge in [0.25, 0.3) is 11.6 Å². The highest BCUT2D eigenvalue weighted by Gasteiger charge is 2.29. The summed E-state index contributed by atoms with van der Waals surface area (Å²) in [7, 11) is 0. The topological polar surface area (TPSA) is 122 Å². The van der Waals surface area contributed by atoms with E-state index in [1.54, 1.807) is 13.0 Å². The van der Waals surface area contributed by atoms with Crippen LogP contribution in [-0.4, -0.2) is 23.4 Å². The van der Waals surface area contributed by atoms with Gasteiger partial charge in [0.05, 0.1) is 17.1 Å².